The molecule has 0 radical (unpaired) electrons. The maximum Gasteiger partial charge on any atom is 0.377 e. The summed E-state index contributed by atoms with van der Waals surface area (Å²) >= 11 is 0. The number of esters is 2. The van der Waals surface area contributed by atoms with Crippen LogP contribution in [-0.4, -0.2) is 48.6 Å². The molecule has 0 heterocycles. The largest absolute Gasteiger partial charge is 0.460 e. The Morgan fingerprint density at radius 3 is 2.28 bits per heavy atom. The van der Waals surface area contributed by atoms with Crippen LogP contribution in [0.5, 0.6) is 0 Å². The molecule has 0 N–H and O–H groups in total. The molecule has 29 heavy (non-hydrogen) atoms. The summed E-state index contributed by atoms with van der Waals surface area (Å²) in [6.07, 6.45) is 3.71. The molecule has 0 spiro atoms. The van der Waals surface area contributed by atoms with Crippen LogP contribution in [-0.2, 0) is 28.5 Å². The molecule has 0 saturated heterocycles. The van der Waals surface area contributed by atoms with E-state index in [1.807, 2.05) is 0 Å². The van der Waals surface area contributed by atoms with E-state index < -0.39 is 35.4 Å². The molecule has 4 fully saturated rings. The number of hydrogen-bond donors (Lipinski definition) is 0. The lowest BCUT2D eigenvalue weighted by molar-refractivity contribution is -0.283. The molecule has 0 amide bonds. The number of rotatable bonds is 9. The van der Waals surface area contributed by atoms with E-state index in [-0.39, 0.29) is 13.2 Å². The molecule has 0 aromatic heterocycles. The molecule has 6 nitrogen and oxygen atoms in total. The Kier molecular flexibility index (Phi) is 6.07. The zero-order valence-corrected chi connectivity index (χ0v) is 17.3. The van der Waals surface area contributed by atoms with Crippen LogP contribution in [0.4, 0.5) is 8.78 Å². The van der Waals surface area contributed by atoms with Crippen LogP contribution in [0.25, 0.3) is 0 Å². The molecule has 4 bridgehead atoms. The molecule has 3 unspecified atom stereocenters. The molecular weight excluding hydrogens is 386 g/mol. The molecule has 0 aromatic carbocycles. The summed E-state index contributed by atoms with van der Waals surface area (Å²) in [7, 11) is 0. The lowest BCUT2D eigenvalue weighted by atomic mass is 9.52. The molecule has 4 aliphatic carbocycles. The van der Waals surface area contributed by atoms with Crippen molar-refractivity contribution >= 4 is 11.9 Å². The predicted octanol–water partition coefficient (Wildman–Crippen LogP) is 3.77. The highest BCUT2D eigenvalue weighted by atomic mass is 19.3. The second kappa shape index (κ2) is 7.95. The first-order valence-electron chi connectivity index (χ1n) is 10.2. The van der Waals surface area contributed by atoms with Crippen LogP contribution < -0.4 is 0 Å². The molecule has 3 atom stereocenters. The number of carbonyl (C=O) groups is 2. The smallest absolute Gasteiger partial charge is 0.377 e. The fourth-order valence-corrected chi connectivity index (χ4v) is 5.50. The van der Waals surface area contributed by atoms with E-state index in [0.717, 1.165) is 19.3 Å². The maximum absolute atomic E-state index is 13.4. The van der Waals surface area contributed by atoms with Gasteiger partial charge in [-0.05, 0) is 57.8 Å². The summed E-state index contributed by atoms with van der Waals surface area (Å²) in [5.74, 6) is -4.86. The van der Waals surface area contributed by atoms with Crippen molar-refractivity contribution in [2.75, 3.05) is 13.2 Å². The van der Waals surface area contributed by atoms with Crippen molar-refractivity contribution < 1.29 is 37.3 Å². The van der Waals surface area contributed by atoms with Gasteiger partial charge in [-0.15, -0.1) is 0 Å². The van der Waals surface area contributed by atoms with E-state index in [1.54, 1.807) is 13.8 Å². The fourth-order valence-electron chi connectivity index (χ4n) is 5.50. The van der Waals surface area contributed by atoms with Crippen LogP contribution in [0.3, 0.4) is 0 Å². The van der Waals surface area contributed by atoms with E-state index in [9.17, 15) is 18.4 Å². The normalized spacial score (nSPS) is 34.0. The summed E-state index contributed by atoms with van der Waals surface area (Å²) in [5.41, 5.74) is -1.10. The molecule has 8 heteroatoms. The van der Waals surface area contributed by atoms with Crippen molar-refractivity contribution in [3.63, 3.8) is 0 Å². The minimum absolute atomic E-state index is 0.0881. The van der Waals surface area contributed by atoms with Gasteiger partial charge in [-0.25, -0.2) is 9.59 Å². The van der Waals surface area contributed by atoms with Crippen LogP contribution in [0.2, 0.25) is 0 Å². The van der Waals surface area contributed by atoms with Crippen molar-refractivity contribution in [3.8, 4) is 0 Å². The Morgan fingerprint density at radius 2 is 1.72 bits per heavy atom. The van der Waals surface area contributed by atoms with Crippen molar-refractivity contribution in [2.45, 2.75) is 82.7 Å². The molecule has 0 aliphatic heterocycles. The van der Waals surface area contributed by atoms with Gasteiger partial charge in [0.15, 0.2) is 6.29 Å². The number of hydrogen-bond acceptors (Lipinski definition) is 6. The van der Waals surface area contributed by atoms with Crippen molar-refractivity contribution in [1.29, 1.82) is 0 Å². The Labute approximate surface area is 169 Å². The lowest BCUT2D eigenvalue weighted by Gasteiger charge is -2.61. The van der Waals surface area contributed by atoms with Gasteiger partial charge in [-0.1, -0.05) is 6.58 Å². The third-order valence-electron chi connectivity index (χ3n) is 6.05. The van der Waals surface area contributed by atoms with Crippen LogP contribution in [0.15, 0.2) is 12.2 Å². The minimum Gasteiger partial charge on any atom is -0.460 e. The van der Waals surface area contributed by atoms with Crippen molar-refractivity contribution in [1.82, 2.24) is 0 Å². The first-order valence-corrected chi connectivity index (χ1v) is 10.2. The van der Waals surface area contributed by atoms with Crippen molar-refractivity contribution in [2.24, 2.45) is 11.8 Å². The maximum atomic E-state index is 13.4. The molecule has 4 rings (SSSR count). The van der Waals surface area contributed by atoms with E-state index in [2.05, 4.69) is 6.58 Å². The van der Waals surface area contributed by atoms with Crippen molar-refractivity contribution in [3.05, 3.63) is 12.2 Å². The SMILES string of the molecule is C=C(C)C(=O)OCCOC(C)OC12CC3CC(CC(OC(=O)C(C)(F)F)(C3)C1)C2. The summed E-state index contributed by atoms with van der Waals surface area (Å²) < 4.78 is 49.1. The van der Waals surface area contributed by atoms with Gasteiger partial charge >= 0.3 is 17.9 Å². The Morgan fingerprint density at radius 1 is 1.14 bits per heavy atom. The molecular formula is C21H30F2O6. The van der Waals surface area contributed by atoms with Gasteiger partial charge in [-0.3, -0.25) is 0 Å². The summed E-state index contributed by atoms with van der Waals surface area (Å²) in [5, 5.41) is 0. The zero-order chi connectivity index (χ0) is 21.4. The van der Waals surface area contributed by atoms with Gasteiger partial charge < -0.3 is 18.9 Å². The highest BCUT2D eigenvalue weighted by Gasteiger charge is 2.61. The lowest BCUT2D eigenvalue weighted by Crippen LogP contribution is -2.62. The minimum atomic E-state index is -3.50. The molecule has 4 saturated carbocycles. The highest BCUT2D eigenvalue weighted by molar-refractivity contribution is 5.86. The Bertz CT molecular complexity index is 657. The first kappa shape index (κ1) is 22.2. The van der Waals surface area contributed by atoms with E-state index in [0.29, 0.717) is 43.6 Å². The van der Waals surface area contributed by atoms with Gasteiger partial charge in [0, 0.05) is 18.9 Å². The monoisotopic (exact) mass is 416 g/mol. The number of halogens is 2. The zero-order valence-electron chi connectivity index (χ0n) is 17.3. The number of ether oxygens (including phenoxy) is 4. The van der Waals surface area contributed by atoms with Gasteiger partial charge in [0.2, 0.25) is 0 Å². The second-order valence-electron chi connectivity index (χ2n) is 9.08. The summed E-state index contributed by atoms with van der Waals surface area (Å²) in [6.45, 7) is 7.67. The first-order chi connectivity index (χ1) is 13.4. The Balaban J connectivity index is 1.57. The molecule has 0 aromatic rings. The van der Waals surface area contributed by atoms with Gasteiger partial charge in [0.25, 0.3) is 0 Å². The summed E-state index contributed by atoms with van der Waals surface area (Å²) in [4.78, 5) is 23.2. The second-order valence-corrected chi connectivity index (χ2v) is 9.08. The van der Waals surface area contributed by atoms with Crippen LogP contribution in [0.1, 0.15) is 59.3 Å². The molecule has 4 aliphatic rings. The third-order valence-corrected chi connectivity index (χ3v) is 6.05. The van der Waals surface area contributed by atoms with Crippen LogP contribution in [0, 0.1) is 11.8 Å². The number of alkyl halides is 2. The highest BCUT2D eigenvalue weighted by Crippen LogP contribution is 2.60. The quantitative estimate of drug-likeness (QED) is 0.247. The van der Waals surface area contributed by atoms with Gasteiger partial charge in [-0.2, -0.15) is 8.78 Å². The average molecular weight is 416 g/mol. The predicted molar refractivity (Wildman–Crippen MR) is 99.1 cm³/mol. The third kappa shape index (κ3) is 5.15. The average Bonchev–Trinajstić information content (AvgIpc) is 2.55. The summed E-state index contributed by atoms with van der Waals surface area (Å²) in [6, 6.07) is 0. The van der Waals surface area contributed by atoms with E-state index in [4.69, 9.17) is 18.9 Å². The topological polar surface area (TPSA) is 71.1 Å². The standard InChI is InChI=1S/C21H30F2O6/c1-13(2)17(24)27-6-5-26-14(3)28-20-8-15-7-16(9-20)11-21(10-15,12-20)29-18(25)19(4,22)23/h14-16H,1,5-12H2,2-4H3. The van der Waals surface area contributed by atoms with Gasteiger partial charge in [0.05, 0.1) is 12.2 Å². The number of carbonyl (C=O) groups excluding carboxylic acids is 2. The van der Waals surface area contributed by atoms with E-state index in [1.165, 1.54) is 0 Å². The molecule has 164 valence electrons. The van der Waals surface area contributed by atoms with E-state index >= 15 is 0 Å². The van der Waals surface area contributed by atoms with Crippen LogP contribution >= 0.6 is 0 Å². The Hall–Kier alpha value is -1.54. The van der Waals surface area contributed by atoms with Gasteiger partial charge in [0.1, 0.15) is 12.2 Å². The fraction of sp³-hybridized carbons (Fsp3) is 0.810.